The van der Waals surface area contributed by atoms with Gasteiger partial charge in [0.1, 0.15) is 0 Å². The van der Waals surface area contributed by atoms with Crippen LogP contribution in [0.4, 0.5) is 0 Å². The molecule has 0 rings (SSSR count). The molecule has 0 amide bonds. The average Bonchev–Trinajstić information content (AvgIpc) is 2.16. The quantitative estimate of drug-likeness (QED) is 0.361. The maximum Gasteiger partial charge on any atom is 0.342 e. The molecule has 96 valence electrons. The van der Waals surface area contributed by atoms with Crippen molar-refractivity contribution in [3.63, 3.8) is 0 Å². The molecule has 0 aromatic rings. The van der Waals surface area contributed by atoms with E-state index in [2.05, 4.69) is 25.7 Å². The predicted molar refractivity (Wildman–Crippen MR) is 64.9 cm³/mol. The SMILES string of the molecule is CCCOOC(=O)CCCCCC(C)(C)C. The monoisotopic (exact) mass is 230 g/mol. The highest BCUT2D eigenvalue weighted by Gasteiger charge is 2.09. The lowest BCUT2D eigenvalue weighted by Gasteiger charge is -2.17. The van der Waals surface area contributed by atoms with Gasteiger partial charge < -0.3 is 0 Å². The predicted octanol–water partition coefficient (Wildman–Crippen LogP) is 3.87. The van der Waals surface area contributed by atoms with E-state index in [-0.39, 0.29) is 5.97 Å². The minimum absolute atomic E-state index is 0.246. The van der Waals surface area contributed by atoms with E-state index in [1.165, 1.54) is 12.8 Å². The highest BCUT2D eigenvalue weighted by atomic mass is 17.2. The van der Waals surface area contributed by atoms with Gasteiger partial charge in [0.25, 0.3) is 0 Å². The van der Waals surface area contributed by atoms with Gasteiger partial charge in [-0.15, -0.1) is 0 Å². The third-order valence-electron chi connectivity index (χ3n) is 2.25. The van der Waals surface area contributed by atoms with Crippen LogP contribution in [0.5, 0.6) is 0 Å². The molecule has 3 heteroatoms. The summed E-state index contributed by atoms with van der Waals surface area (Å²) < 4.78 is 0. The second-order valence-corrected chi connectivity index (χ2v) is 5.40. The van der Waals surface area contributed by atoms with Crippen LogP contribution in [0.1, 0.15) is 66.2 Å². The molecule has 0 aliphatic heterocycles. The molecule has 0 unspecified atom stereocenters. The highest BCUT2D eigenvalue weighted by Crippen LogP contribution is 2.22. The van der Waals surface area contributed by atoms with Gasteiger partial charge in [-0.2, -0.15) is 4.89 Å². The van der Waals surface area contributed by atoms with Gasteiger partial charge in [-0.3, -0.25) is 4.89 Å². The summed E-state index contributed by atoms with van der Waals surface area (Å²) in [6, 6.07) is 0. The third kappa shape index (κ3) is 11.5. The number of hydrogen-bond donors (Lipinski definition) is 0. The van der Waals surface area contributed by atoms with E-state index in [0.717, 1.165) is 19.3 Å². The minimum Gasteiger partial charge on any atom is -0.298 e. The summed E-state index contributed by atoms with van der Waals surface area (Å²) in [5, 5.41) is 0. The summed E-state index contributed by atoms with van der Waals surface area (Å²) in [6.07, 6.45) is 5.68. The Balaban J connectivity index is 3.28. The van der Waals surface area contributed by atoms with E-state index in [0.29, 0.717) is 18.4 Å². The Kier molecular flexibility index (Phi) is 8.26. The first-order valence-electron chi connectivity index (χ1n) is 6.28. The molecule has 0 spiro atoms. The van der Waals surface area contributed by atoms with E-state index in [1.54, 1.807) is 0 Å². The minimum atomic E-state index is -0.246. The number of carbonyl (C=O) groups is 1. The van der Waals surface area contributed by atoms with Crippen molar-refractivity contribution in [3.05, 3.63) is 0 Å². The molecule has 16 heavy (non-hydrogen) atoms. The Hall–Kier alpha value is -0.570. The van der Waals surface area contributed by atoms with Crippen LogP contribution in [-0.4, -0.2) is 12.6 Å². The van der Waals surface area contributed by atoms with Crippen molar-refractivity contribution < 1.29 is 14.6 Å². The molecular weight excluding hydrogens is 204 g/mol. The van der Waals surface area contributed by atoms with Gasteiger partial charge in [-0.1, -0.05) is 40.5 Å². The fourth-order valence-electron chi connectivity index (χ4n) is 1.33. The van der Waals surface area contributed by atoms with Gasteiger partial charge in [0.05, 0.1) is 6.61 Å². The van der Waals surface area contributed by atoms with Crippen LogP contribution in [-0.2, 0) is 14.6 Å². The molecule has 0 saturated heterocycles. The summed E-state index contributed by atoms with van der Waals surface area (Å²) in [5.41, 5.74) is 0.394. The molecule has 3 nitrogen and oxygen atoms in total. The van der Waals surface area contributed by atoms with Gasteiger partial charge in [-0.05, 0) is 24.7 Å². The van der Waals surface area contributed by atoms with E-state index in [4.69, 9.17) is 4.89 Å². The lowest BCUT2D eigenvalue weighted by Crippen LogP contribution is -2.06. The van der Waals surface area contributed by atoms with Crippen molar-refractivity contribution in [2.24, 2.45) is 5.41 Å². The van der Waals surface area contributed by atoms with Crippen LogP contribution < -0.4 is 0 Å². The maximum atomic E-state index is 11.1. The average molecular weight is 230 g/mol. The third-order valence-corrected chi connectivity index (χ3v) is 2.25. The van der Waals surface area contributed by atoms with Crippen molar-refractivity contribution >= 4 is 5.97 Å². The van der Waals surface area contributed by atoms with Crippen LogP contribution in [0.3, 0.4) is 0 Å². The first kappa shape index (κ1) is 15.4. The van der Waals surface area contributed by atoms with Crippen molar-refractivity contribution in [3.8, 4) is 0 Å². The van der Waals surface area contributed by atoms with Crippen LogP contribution in [0.15, 0.2) is 0 Å². The van der Waals surface area contributed by atoms with Gasteiger partial charge in [0.2, 0.25) is 0 Å². The fraction of sp³-hybridized carbons (Fsp3) is 0.923. The van der Waals surface area contributed by atoms with Gasteiger partial charge >= 0.3 is 5.97 Å². The molecule has 0 heterocycles. The standard InChI is InChI=1S/C13H26O3/c1-5-11-15-16-12(14)9-7-6-8-10-13(2,3)4/h5-11H2,1-4H3. The van der Waals surface area contributed by atoms with E-state index < -0.39 is 0 Å². The van der Waals surface area contributed by atoms with Gasteiger partial charge in [-0.25, -0.2) is 4.79 Å². The molecule has 0 aliphatic carbocycles. The molecule has 0 aromatic heterocycles. The molecule has 0 fully saturated rings. The Morgan fingerprint density at radius 3 is 2.38 bits per heavy atom. The summed E-state index contributed by atoms with van der Waals surface area (Å²) >= 11 is 0. The maximum absolute atomic E-state index is 11.1. The molecular formula is C13H26O3. The molecule has 0 bridgehead atoms. The topological polar surface area (TPSA) is 35.5 Å². The van der Waals surface area contributed by atoms with Crippen molar-refractivity contribution in [2.75, 3.05) is 6.61 Å². The second-order valence-electron chi connectivity index (χ2n) is 5.40. The first-order chi connectivity index (χ1) is 7.45. The largest absolute Gasteiger partial charge is 0.342 e. The molecule has 0 radical (unpaired) electrons. The van der Waals surface area contributed by atoms with E-state index >= 15 is 0 Å². The van der Waals surface area contributed by atoms with Crippen molar-refractivity contribution in [1.82, 2.24) is 0 Å². The van der Waals surface area contributed by atoms with E-state index in [9.17, 15) is 4.79 Å². The number of carbonyl (C=O) groups excluding carboxylic acids is 1. The normalized spacial score (nSPS) is 11.5. The lowest BCUT2D eigenvalue weighted by atomic mass is 9.89. The zero-order chi connectivity index (χ0) is 12.4. The molecule has 0 aliphatic rings. The Labute approximate surface area is 99.4 Å². The van der Waals surface area contributed by atoms with Gasteiger partial charge in [0, 0.05) is 6.42 Å². The Morgan fingerprint density at radius 1 is 1.12 bits per heavy atom. The Morgan fingerprint density at radius 2 is 1.81 bits per heavy atom. The summed E-state index contributed by atoms with van der Waals surface area (Å²) in [6.45, 7) is 9.16. The van der Waals surface area contributed by atoms with Crippen LogP contribution >= 0.6 is 0 Å². The molecule has 0 N–H and O–H groups in total. The van der Waals surface area contributed by atoms with Gasteiger partial charge in [0.15, 0.2) is 0 Å². The summed E-state index contributed by atoms with van der Waals surface area (Å²) in [4.78, 5) is 20.4. The molecule has 0 atom stereocenters. The zero-order valence-electron chi connectivity index (χ0n) is 11.2. The highest BCUT2D eigenvalue weighted by molar-refractivity contribution is 5.68. The second kappa shape index (κ2) is 8.57. The molecule has 0 saturated carbocycles. The van der Waals surface area contributed by atoms with Crippen LogP contribution in [0.2, 0.25) is 0 Å². The van der Waals surface area contributed by atoms with Crippen molar-refractivity contribution in [2.45, 2.75) is 66.2 Å². The number of rotatable bonds is 8. The smallest absolute Gasteiger partial charge is 0.298 e. The van der Waals surface area contributed by atoms with E-state index in [1.807, 2.05) is 6.92 Å². The zero-order valence-corrected chi connectivity index (χ0v) is 11.2. The van der Waals surface area contributed by atoms with Crippen molar-refractivity contribution in [1.29, 1.82) is 0 Å². The summed E-state index contributed by atoms with van der Waals surface area (Å²) in [5.74, 6) is -0.246. The first-order valence-corrected chi connectivity index (χ1v) is 6.28. The molecule has 0 aromatic carbocycles. The van der Waals surface area contributed by atoms with Crippen LogP contribution in [0, 0.1) is 5.41 Å². The number of hydrogen-bond acceptors (Lipinski definition) is 3. The van der Waals surface area contributed by atoms with Crippen LogP contribution in [0.25, 0.3) is 0 Å². The lowest BCUT2D eigenvalue weighted by molar-refractivity contribution is -0.272. The fourth-order valence-corrected chi connectivity index (χ4v) is 1.33. The Bertz CT molecular complexity index is 182. The number of unbranched alkanes of at least 4 members (excludes halogenated alkanes) is 2. The summed E-state index contributed by atoms with van der Waals surface area (Å²) in [7, 11) is 0.